The van der Waals surface area contributed by atoms with E-state index in [1.54, 1.807) is 6.07 Å². The van der Waals surface area contributed by atoms with Gasteiger partial charge in [-0.05, 0) is 37.1 Å². The van der Waals surface area contributed by atoms with Crippen LogP contribution in [0.25, 0.3) is 0 Å². The summed E-state index contributed by atoms with van der Waals surface area (Å²) in [6.45, 7) is 2.02. The summed E-state index contributed by atoms with van der Waals surface area (Å²) in [6.07, 6.45) is 2.09. The predicted octanol–water partition coefficient (Wildman–Crippen LogP) is 2.23. The van der Waals surface area contributed by atoms with Gasteiger partial charge in [0, 0.05) is 24.7 Å². The normalized spacial score (nSPS) is 14.2. The second kappa shape index (κ2) is 7.43. The van der Waals surface area contributed by atoms with Crippen LogP contribution in [0.3, 0.4) is 0 Å². The molecule has 3 rings (SSSR count). The van der Waals surface area contributed by atoms with Crippen molar-refractivity contribution < 1.29 is 22.9 Å². The van der Waals surface area contributed by atoms with Crippen LogP contribution in [-0.4, -0.2) is 37.9 Å². The van der Waals surface area contributed by atoms with Crippen LogP contribution < -0.4 is 14.4 Å². The molecule has 1 aliphatic rings. The lowest BCUT2D eigenvalue weighted by molar-refractivity contribution is -0.385. The second-order valence-electron chi connectivity index (χ2n) is 6.21. The van der Waals surface area contributed by atoms with Gasteiger partial charge in [-0.15, -0.1) is 0 Å². The van der Waals surface area contributed by atoms with Crippen LogP contribution in [0.2, 0.25) is 0 Å². The number of carbonyl (C=O) groups is 1. The summed E-state index contributed by atoms with van der Waals surface area (Å²) in [5.41, 5.74) is 0.507. The summed E-state index contributed by atoms with van der Waals surface area (Å²) in [7, 11) is -2.79. The fourth-order valence-corrected chi connectivity index (χ4v) is 4.18. The van der Waals surface area contributed by atoms with Gasteiger partial charge in [0.25, 0.3) is 15.7 Å². The van der Waals surface area contributed by atoms with Crippen molar-refractivity contribution in [3.05, 3.63) is 46.1 Å². The molecular weight excluding hydrogens is 388 g/mol. The Morgan fingerprint density at radius 2 is 2.07 bits per heavy atom. The lowest BCUT2D eigenvalue weighted by Gasteiger charge is -2.18. The molecule has 0 saturated carbocycles. The lowest BCUT2D eigenvalue weighted by Crippen LogP contribution is -2.24. The first-order valence-electron chi connectivity index (χ1n) is 8.35. The summed E-state index contributed by atoms with van der Waals surface area (Å²) < 4.78 is 33.4. The Labute approximate surface area is 161 Å². The molecule has 1 saturated heterocycles. The number of aromatic nitrogens is 1. The first-order valence-corrected chi connectivity index (χ1v) is 9.83. The van der Waals surface area contributed by atoms with Gasteiger partial charge >= 0.3 is 0 Å². The van der Waals surface area contributed by atoms with Crippen molar-refractivity contribution >= 4 is 33.1 Å². The third-order valence-electron chi connectivity index (χ3n) is 4.33. The highest BCUT2D eigenvalue weighted by Gasteiger charge is 2.27. The van der Waals surface area contributed by atoms with E-state index in [1.165, 1.54) is 37.1 Å². The average Bonchev–Trinajstić information content (AvgIpc) is 3.08. The Bertz CT molecular complexity index is 1050. The van der Waals surface area contributed by atoms with E-state index in [2.05, 4.69) is 9.71 Å². The Morgan fingerprint density at radius 3 is 2.64 bits per heavy atom. The van der Waals surface area contributed by atoms with Gasteiger partial charge in [-0.1, -0.05) is 0 Å². The number of anilines is 2. The molecule has 0 radical (unpaired) electrons. The highest BCUT2D eigenvalue weighted by atomic mass is 32.2. The molecule has 2 aromatic rings. The highest BCUT2D eigenvalue weighted by molar-refractivity contribution is 7.92. The lowest BCUT2D eigenvalue weighted by atomic mass is 10.3. The first-order chi connectivity index (χ1) is 13.2. The van der Waals surface area contributed by atoms with E-state index >= 15 is 0 Å². The number of benzene rings is 1. The number of nitro groups is 1. The van der Waals surface area contributed by atoms with Crippen molar-refractivity contribution in [2.45, 2.75) is 24.7 Å². The van der Waals surface area contributed by atoms with Gasteiger partial charge in [-0.25, -0.2) is 13.4 Å². The molecule has 0 unspecified atom stereocenters. The van der Waals surface area contributed by atoms with E-state index in [4.69, 9.17) is 4.74 Å². The van der Waals surface area contributed by atoms with Gasteiger partial charge in [0.1, 0.15) is 22.7 Å². The van der Waals surface area contributed by atoms with Crippen LogP contribution in [-0.2, 0) is 14.8 Å². The summed E-state index contributed by atoms with van der Waals surface area (Å²) >= 11 is 0. The maximum absolute atomic E-state index is 12.9. The molecule has 1 aliphatic heterocycles. The third-order valence-corrected chi connectivity index (χ3v) is 5.69. The van der Waals surface area contributed by atoms with Gasteiger partial charge in [-0.2, -0.15) is 0 Å². The van der Waals surface area contributed by atoms with Gasteiger partial charge < -0.3 is 9.64 Å². The zero-order valence-corrected chi connectivity index (χ0v) is 16.0. The number of hydrogen-bond donors (Lipinski definition) is 1. The van der Waals surface area contributed by atoms with Crippen molar-refractivity contribution in [3.63, 3.8) is 0 Å². The van der Waals surface area contributed by atoms with Crippen molar-refractivity contribution in [1.82, 2.24) is 4.98 Å². The maximum Gasteiger partial charge on any atom is 0.287 e. The number of rotatable bonds is 6. The van der Waals surface area contributed by atoms with Crippen molar-refractivity contribution in [1.29, 1.82) is 0 Å². The monoisotopic (exact) mass is 406 g/mol. The Kier molecular flexibility index (Phi) is 5.18. The first kappa shape index (κ1) is 19.5. The quantitative estimate of drug-likeness (QED) is 0.575. The molecule has 0 spiro atoms. The summed E-state index contributed by atoms with van der Waals surface area (Å²) in [5.74, 6) is -0.00730. The average molecular weight is 406 g/mol. The van der Waals surface area contributed by atoms with Gasteiger partial charge in [0.05, 0.1) is 12.0 Å². The fraction of sp³-hybridized carbons (Fsp3) is 0.294. The smallest absolute Gasteiger partial charge is 0.287 e. The molecule has 11 heteroatoms. The van der Waals surface area contributed by atoms with Crippen molar-refractivity contribution in [2.75, 3.05) is 23.3 Å². The van der Waals surface area contributed by atoms with Crippen molar-refractivity contribution in [2.24, 2.45) is 0 Å². The van der Waals surface area contributed by atoms with E-state index in [9.17, 15) is 23.3 Å². The standard InChI is InChI=1S/C17H18N4O6S/c1-11-8-13(21(23)24)10-18-17(11)19-28(25,26)15-9-12(5-6-14(15)27-2)20-7-3-4-16(20)22/h5-6,8-10H,3-4,7H2,1-2H3,(H,18,19). The number of amides is 1. The summed E-state index contributed by atoms with van der Waals surface area (Å²) in [5, 5.41) is 10.8. The van der Waals surface area contributed by atoms with E-state index in [1.807, 2.05) is 0 Å². The zero-order valence-electron chi connectivity index (χ0n) is 15.2. The molecule has 1 aromatic heterocycles. The van der Waals surface area contributed by atoms with E-state index in [0.717, 1.165) is 6.20 Å². The summed E-state index contributed by atoms with van der Waals surface area (Å²) in [6, 6.07) is 5.69. The summed E-state index contributed by atoms with van der Waals surface area (Å²) in [4.78, 5) is 27.4. The molecule has 2 heterocycles. The Balaban J connectivity index is 1.99. The number of pyridine rings is 1. The topological polar surface area (TPSA) is 132 Å². The second-order valence-corrected chi connectivity index (χ2v) is 7.86. The molecule has 1 fully saturated rings. The molecule has 0 bridgehead atoms. The molecule has 0 atom stereocenters. The molecule has 10 nitrogen and oxygen atoms in total. The molecule has 148 valence electrons. The van der Waals surface area contributed by atoms with Crippen LogP contribution in [0.5, 0.6) is 5.75 Å². The molecule has 0 aliphatic carbocycles. The van der Waals surface area contributed by atoms with Gasteiger partial charge in [-0.3, -0.25) is 19.6 Å². The number of ether oxygens (including phenoxy) is 1. The number of nitrogens with one attached hydrogen (secondary N) is 1. The number of carbonyl (C=O) groups excluding carboxylic acids is 1. The van der Waals surface area contributed by atoms with Crippen LogP contribution >= 0.6 is 0 Å². The largest absolute Gasteiger partial charge is 0.495 e. The Hall–Kier alpha value is -3.21. The van der Waals surface area contributed by atoms with Crippen LogP contribution in [0.4, 0.5) is 17.2 Å². The minimum Gasteiger partial charge on any atom is -0.495 e. The molecule has 1 amide bonds. The van der Waals surface area contributed by atoms with Crippen molar-refractivity contribution in [3.8, 4) is 5.75 Å². The van der Waals surface area contributed by atoms with Crippen LogP contribution in [0.15, 0.2) is 35.4 Å². The SMILES string of the molecule is COc1ccc(N2CCCC2=O)cc1S(=O)(=O)Nc1ncc([N+](=O)[O-])cc1C. The molecular formula is C17H18N4O6S. The maximum atomic E-state index is 12.9. The molecule has 1 aromatic carbocycles. The number of aryl methyl sites for hydroxylation is 1. The molecule has 28 heavy (non-hydrogen) atoms. The van der Waals surface area contributed by atoms with E-state index < -0.39 is 14.9 Å². The number of sulfonamides is 1. The van der Waals surface area contributed by atoms with Gasteiger partial charge in [0.2, 0.25) is 5.91 Å². The fourth-order valence-electron chi connectivity index (χ4n) is 2.91. The molecule has 1 N–H and O–H groups in total. The minimum absolute atomic E-state index is 0.0321. The number of hydrogen-bond acceptors (Lipinski definition) is 7. The minimum atomic E-state index is -4.13. The van der Waals surface area contributed by atoms with E-state index in [0.29, 0.717) is 30.6 Å². The predicted molar refractivity (Wildman–Crippen MR) is 101 cm³/mol. The van der Waals surface area contributed by atoms with Crippen LogP contribution in [0.1, 0.15) is 18.4 Å². The number of nitrogens with zero attached hydrogens (tertiary/aromatic N) is 3. The Morgan fingerprint density at radius 1 is 1.32 bits per heavy atom. The van der Waals surface area contributed by atoms with Gasteiger partial charge in [0.15, 0.2) is 0 Å². The zero-order chi connectivity index (χ0) is 20.5. The number of methoxy groups -OCH3 is 1. The highest BCUT2D eigenvalue weighted by Crippen LogP contribution is 2.32. The van der Waals surface area contributed by atoms with Crippen LogP contribution in [0, 0.1) is 17.0 Å². The van der Waals surface area contributed by atoms with E-state index in [-0.39, 0.29) is 28.1 Å². The third kappa shape index (κ3) is 3.74.